The summed E-state index contributed by atoms with van der Waals surface area (Å²) in [5.41, 5.74) is 4.26. The van der Waals surface area contributed by atoms with Crippen LogP contribution < -0.4 is 5.73 Å². The smallest absolute Gasteiger partial charge is 0.410 e. The number of hydrogen-bond acceptors (Lipinski definition) is 4. The van der Waals surface area contributed by atoms with Crippen molar-refractivity contribution in [2.75, 3.05) is 26.7 Å². The Morgan fingerprint density at radius 2 is 2.07 bits per heavy atom. The summed E-state index contributed by atoms with van der Waals surface area (Å²) in [6.07, 6.45) is 2.15. The van der Waals surface area contributed by atoms with Gasteiger partial charge in [0.25, 0.3) is 0 Å². The van der Waals surface area contributed by atoms with E-state index in [0.29, 0.717) is 43.1 Å². The number of benzene rings is 1. The Morgan fingerprint density at radius 3 is 2.67 bits per heavy atom. The van der Waals surface area contributed by atoms with Crippen molar-refractivity contribution in [2.24, 2.45) is 11.7 Å². The van der Waals surface area contributed by atoms with Crippen LogP contribution in [0, 0.1) is 5.92 Å². The first-order valence-corrected chi connectivity index (χ1v) is 10.8. The molecule has 1 unspecified atom stereocenters. The van der Waals surface area contributed by atoms with Crippen LogP contribution in [0.2, 0.25) is 5.02 Å². The van der Waals surface area contributed by atoms with Crippen molar-refractivity contribution in [3.63, 3.8) is 0 Å². The molecule has 0 radical (unpaired) electrons. The molecule has 1 fully saturated rings. The lowest BCUT2D eigenvalue weighted by molar-refractivity contribution is -0.0639. The quantitative estimate of drug-likeness (QED) is 0.700. The van der Waals surface area contributed by atoms with Crippen LogP contribution in [0.1, 0.15) is 52.0 Å². The van der Waals surface area contributed by atoms with Crippen molar-refractivity contribution in [1.29, 1.82) is 0 Å². The molecule has 168 valence electrons. The van der Waals surface area contributed by atoms with Gasteiger partial charge < -0.3 is 25.4 Å². The van der Waals surface area contributed by atoms with Crippen LogP contribution in [0.25, 0.3) is 0 Å². The number of carbonyl (C=O) groups is 2. The molecule has 2 atom stereocenters. The van der Waals surface area contributed by atoms with Crippen molar-refractivity contribution in [3.8, 4) is 0 Å². The van der Waals surface area contributed by atoms with E-state index in [-0.39, 0.29) is 12.0 Å². The van der Waals surface area contributed by atoms with E-state index in [0.717, 1.165) is 12.8 Å². The molecule has 1 saturated heterocycles. The molecule has 8 heteroatoms. The van der Waals surface area contributed by atoms with Crippen LogP contribution in [0.3, 0.4) is 0 Å². The Hall–Kier alpha value is -1.99. The number of hydrogen-bond donors (Lipinski definition) is 2. The fraction of sp³-hybridized carbons (Fsp3) is 0.636. The first kappa shape index (κ1) is 24.3. The molecule has 2 rings (SSSR count). The van der Waals surface area contributed by atoms with Gasteiger partial charge in [-0.15, -0.1) is 0 Å². The summed E-state index contributed by atoms with van der Waals surface area (Å²) in [4.78, 5) is 27.0. The number of piperidine rings is 1. The largest absolute Gasteiger partial charge is 0.444 e. The minimum absolute atomic E-state index is 0.184. The van der Waals surface area contributed by atoms with Crippen molar-refractivity contribution < 1.29 is 19.4 Å². The first-order chi connectivity index (χ1) is 13.9. The van der Waals surface area contributed by atoms with E-state index in [1.165, 1.54) is 4.90 Å². The molecule has 3 N–H and O–H groups in total. The van der Waals surface area contributed by atoms with Crippen molar-refractivity contribution in [2.45, 2.75) is 57.7 Å². The molecule has 1 heterocycles. The van der Waals surface area contributed by atoms with Gasteiger partial charge in [-0.1, -0.05) is 23.7 Å². The van der Waals surface area contributed by atoms with Crippen LogP contribution >= 0.6 is 11.6 Å². The maximum absolute atomic E-state index is 12.6. The number of primary amides is 1. The van der Waals surface area contributed by atoms with Crippen LogP contribution in [-0.2, 0) is 10.3 Å². The highest BCUT2D eigenvalue weighted by molar-refractivity contribution is 6.30. The third kappa shape index (κ3) is 6.51. The summed E-state index contributed by atoms with van der Waals surface area (Å²) >= 11 is 6.20. The number of rotatable bonds is 6. The molecule has 30 heavy (non-hydrogen) atoms. The number of amides is 3. The lowest BCUT2D eigenvalue weighted by Gasteiger charge is -2.43. The molecule has 0 bridgehead atoms. The Kier molecular flexibility index (Phi) is 7.99. The summed E-state index contributed by atoms with van der Waals surface area (Å²) in [6, 6.07) is 6.70. The van der Waals surface area contributed by atoms with Crippen molar-refractivity contribution >= 4 is 23.7 Å². The maximum atomic E-state index is 12.6. The Labute approximate surface area is 184 Å². The van der Waals surface area contributed by atoms with E-state index in [4.69, 9.17) is 22.1 Å². The molecule has 0 spiro atoms. The highest BCUT2D eigenvalue weighted by Crippen LogP contribution is 2.40. The molecule has 0 aliphatic carbocycles. The van der Waals surface area contributed by atoms with E-state index in [2.05, 4.69) is 0 Å². The highest BCUT2D eigenvalue weighted by atomic mass is 35.5. The second-order valence-electron chi connectivity index (χ2n) is 9.06. The van der Waals surface area contributed by atoms with Crippen molar-refractivity contribution in [3.05, 3.63) is 34.9 Å². The van der Waals surface area contributed by atoms with Gasteiger partial charge in [0.15, 0.2) is 0 Å². The molecule has 0 saturated carbocycles. The fourth-order valence-corrected chi connectivity index (χ4v) is 4.09. The zero-order valence-electron chi connectivity index (χ0n) is 18.4. The predicted molar refractivity (Wildman–Crippen MR) is 117 cm³/mol. The predicted octanol–water partition coefficient (Wildman–Crippen LogP) is 3.97. The number of nitrogens with two attached hydrogens (primary N) is 1. The lowest BCUT2D eigenvalue weighted by atomic mass is 9.74. The average molecular weight is 440 g/mol. The molecule has 1 aliphatic heterocycles. The summed E-state index contributed by atoms with van der Waals surface area (Å²) < 4.78 is 5.53. The average Bonchev–Trinajstić information content (AvgIpc) is 2.66. The van der Waals surface area contributed by atoms with Gasteiger partial charge in [0, 0.05) is 37.6 Å². The summed E-state index contributed by atoms with van der Waals surface area (Å²) in [5.74, 6) is -0.184. The summed E-state index contributed by atoms with van der Waals surface area (Å²) in [7, 11) is 1.63. The summed E-state index contributed by atoms with van der Waals surface area (Å²) in [5, 5.41) is 12.4. The van der Waals surface area contributed by atoms with Gasteiger partial charge in [0.05, 0.1) is 5.60 Å². The van der Waals surface area contributed by atoms with E-state index in [9.17, 15) is 14.7 Å². The van der Waals surface area contributed by atoms with Crippen molar-refractivity contribution in [1.82, 2.24) is 9.80 Å². The summed E-state index contributed by atoms with van der Waals surface area (Å²) in [6.45, 7) is 6.93. The molecule has 3 amide bonds. The van der Waals surface area contributed by atoms with Gasteiger partial charge in [-0.2, -0.15) is 0 Å². The number of aliphatic hydroxyl groups is 1. The molecule has 1 aromatic rings. The van der Waals surface area contributed by atoms with Gasteiger partial charge >= 0.3 is 12.1 Å². The number of likely N-dealkylation sites (tertiary alicyclic amines) is 1. The number of carbonyl (C=O) groups excluding carboxylic acids is 2. The number of ether oxygens (including phenoxy) is 1. The van der Waals surface area contributed by atoms with Crippen LogP contribution in [-0.4, -0.2) is 59.3 Å². The number of nitrogens with zero attached hydrogens (tertiary/aromatic N) is 2. The third-order valence-corrected chi connectivity index (χ3v) is 5.74. The van der Waals surface area contributed by atoms with Gasteiger partial charge in [0.2, 0.25) is 0 Å². The van der Waals surface area contributed by atoms with E-state index in [1.54, 1.807) is 24.1 Å². The Bertz CT molecular complexity index is 752. The van der Waals surface area contributed by atoms with E-state index in [1.807, 2.05) is 32.9 Å². The molecule has 7 nitrogen and oxygen atoms in total. The first-order valence-electron chi connectivity index (χ1n) is 10.4. The number of urea groups is 1. The SMILES string of the molecule is CN(CCC[C@@](O)(c1cccc(Cl)c1)C1CCCN(C(=O)OC(C)(C)C)C1)C(N)=O. The minimum Gasteiger partial charge on any atom is -0.444 e. The van der Waals surface area contributed by atoms with Crippen LogP contribution in [0.4, 0.5) is 9.59 Å². The standard InChI is InChI=1S/C22H34ClN3O4/c1-21(2,3)30-20(28)26-13-6-9-17(15-26)22(29,11-7-12-25(4)19(24)27)16-8-5-10-18(23)14-16/h5,8,10,14,17,29H,6-7,9,11-13,15H2,1-4H3,(H2,24,27)/t17?,22-/m1/s1. The molecule has 1 aliphatic rings. The second kappa shape index (κ2) is 9.88. The van der Waals surface area contributed by atoms with Gasteiger partial charge in [0.1, 0.15) is 5.60 Å². The molecular formula is C22H34ClN3O4. The third-order valence-electron chi connectivity index (χ3n) is 5.50. The molecular weight excluding hydrogens is 406 g/mol. The Balaban J connectivity index is 2.22. The molecule has 0 aromatic heterocycles. The molecule has 1 aromatic carbocycles. The normalized spacial score (nSPS) is 19.1. The highest BCUT2D eigenvalue weighted by Gasteiger charge is 2.42. The van der Waals surface area contributed by atoms with Gasteiger partial charge in [-0.05, 0) is 64.2 Å². The van der Waals surface area contributed by atoms with Gasteiger partial charge in [-0.25, -0.2) is 9.59 Å². The topological polar surface area (TPSA) is 96.1 Å². The van der Waals surface area contributed by atoms with Crippen LogP contribution in [0.15, 0.2) is 24.3 Å². The van der Waals surface area contributed by atoms with E-state index >= 15 is 0 Å². The second-order valence-corrected chi connectivity index (χ2v) is 9.50. The monoisotopic (exact) mass is 439 g/mol. The maximum Gasteiger partial charge on any atom is 0.410 e. The minimum atomic E-state index is -1.19. The van der Waals surface area contributed by atoms with Crippen LogP contribution in [0.5, 0.6) is 0 Å². The fourth-order valence-electron chi connectivity index (χ4n) is 3.90. The zero-order valence-corrected chi connectivity index (χ0v) is 19.1. The van der Waals surface area contributed by atoms with Gasteiger partial charge in [-0.3, -0.25) is 0 Å². The Morgan fingerprint density at radius 1 is 1.37 bits per heavy atom. The lowest BCUT2D eigenvalue weighted by Crippen LogP contribution is -2.49. The van der Waals surface area contributed by atoms with E-state index < -0.39 is 17.2 Å². The zero-order chi connectivity index (χ0) is 22.5. The number of halogens is 1.